The van der Waals surface area contributed by atoms with Crippen LogP contribution in [0.5, 0.6) is 0 Å². The largest absolute Gasteiger partial charge is 0.373 e. The van der Waals surface area contributed by atoms with Crippen molar-refractivity contribution in [3.8, 4) is 6.07 Å². The number of nitriles is 1. The normalized spacial score (nSPS) is 36.5. The predicted octanol–water partition coefficient (Wildman–Crippen LogP) is 2.30. The van der Waals surface area contributed by atoms with Gasteiger partial charge < -0.3 is 4.74 Å². The van der Waals surface area contributed by atoms with Crippen LogP contribution in [0.2, 0.25) is 0 Å². The third-order valence-corrected chi connectivity index (χ3v) is 5.36. The lowest BCUT2D eigenvalue weighted by molar-refractivity contribution is -0.0870. The fourth-order valence-electron chi connectivity index (χ4n) is 4.07. The molecule has 1 N–H and O–H groups in total. The first-order valence-electron chi connectivity index (χ1n) is 8.58. The molecule has 4 heteroatoms. The van der Waals surface area contributed by atoms with Gasteiger partial charge in [-0.05, 0) is 58.4 Å². The van der Waals surface area contributed by atoms with E-state index < -0.39 is 0 Å². The topological polar surface area (TPSA) is 48.3 Å². The number of rotatable bonds is 5. The molecular weight excluding hydrogens is 262 g/mol. The maximum atomic E-state index is 9.74. The van der Waals surface area contributed by atoms with E-state index in [1.165, 1.54) is 25.7 Å². The quantitative estimate of drug-likeness (QED) is 0.844. The molecule has 21 heavy (non-hydrogen) atoms. The summed E-state index contributed by atoms with van der Waals surface area (Å²) in [5.74, 6) is 0.522. The van der Waals surface area contributed by atoms with Gasteiger partial charge in [0.25, 0.3) is 0 Å². The molecule has 0 aromatic heterocycles. The molecule has 0 amide bonds. The van der Waals surface area contributed by atoms with Crippen LogP contribution in [0, 0.1) is 17.2 Å². The maximum absolute atomic E-state index is 9.74. The van der Waals surface area contributed by atoms with E-state index >= 15 is 0 Å². The summed E-state index contributed by atoms with van der Waals surface area (Å²) < 4.78 is 5.78. The van der Waals surface area contributed by atoms with Gasteiger partial charge in [-0.1, -0.05) is 6.42 Å². The Morgan fingerprint density at radius 3 is 2.81 bits per heavy atom. The van der Waals surface area contributed by atoms with Crippen molar-refractivity contribution in [1.29, 1.82) is 5.26 Å². The molecule has 1 heterocycles. The van der Waals surface area contributed by atoms with Crippen molar-refractivity contribution < 1.29 is 4.74 Å². The van der Waals surface area contributed by atoms with E-state index in [2.05, 4.69) is 30.1 Å². The number of hydrogen-bond donors (Lipinski definition) is 1. The molecule has 1 aliphatic heterocycles. The van der Waals surface area contributed by atoms with Crippen LogP contribution in [0.4, 0.5) is 0 Å². The average Bonchev–Trinajstić information content (AvgIpc) is 3.15. The molecule has 3 aliphatic rings. The Bertz CT molecular complexity index is 413. The summed E-state index contributed by atoms with van der Waals surface area (Å²) in [4.78, 5) is 2.51. The second kappa shape index (κ2) is 5.87. The molecule has 4 nitrogen and oxygen atoms in total. The summed E-state index contributed by atoms with van der Waals surface area (Å²) in [6.07, 6.45) is 7.11. The van der Waals surface area contributed by atoms with E-state index in [-0.39, 0.29) is 11.1 Å². The van der Waals surface area contributed by atoms with Gasteiger partial charge in [0, 0.05) is 19.1 Å². The molecule has 0 aromatic carbocycles. The highest BCUT2D eigenvalue weighted by atomic mass is 16.5. The Hall–Kier alpha value is -0.630. The van der Waals surface area contributed by atoms with Crippen molar-refractivity contribution in [2.75, 3.05) is 26.2 Å². The molecule has 3 rings (SSSR count). The lowest BCUT2D eigenvalue weighted by Crippen LogP contribution is -2.51. The lowest BCUT2D eigenvalue weighted by Gasteiger charge is -2.39. The van der Waals surface area contributed by atoms with E-state index in [0.717, 1.165) is 39.1 Å². The van der Waals surface area contributed by atoms with Crippen molar-refractivity contribution in [3.63, 3.8) is 0 Å². The fourth-order valence-corrected chi connectivity index (χ4v) is 4.07. The van der Waals surface area contributed by atoms with E-state index in [1.807, 2.05) is 0 Å². The van der Waals surface area contributed by atoms with Crippen LogP contribution in [0.3, 0.4) is 0 Å². The fraction of sp³-hybridized carbons (Fsp3) is 0.941. The monoisotopic (exact) mass is 291 g/mol. The van der Waals surface area contributed by atoms with Crippen LogP contribution < -0.4 is 5.32 Å². The molecule has 0 aromatic rings. The molecule has 0 radical (unpaired) electrons. The van der Waals surface area contributed by atoms with Gasteiger partial charge in [-0.3, -0.25) is 10.2 Å². The first kappa shape index (κ1) is 15.3. The zero-order valence-electron chi connectivity index (χ0n) is 13.5. The molecule has 1 saturated heterocycles. The summed E-state index contributed by atoms with van der Waals surface area (Å²) in [5.41, 5.74) is -0.254. The number of ether oxygens (including phenoxy) is 1. The van der Waals surface area contributed by atoms with Crippen LogP contribution in [-0.4, -0.2) is 48.3 Å². The van der Waals surface area contributed by atoms with Crippen LogP contribution >= 0.6 is 0 Å². The van der Waals surface area contributed by atoms with Crippen LogP contribution in [0.25, 0.3) is 0 Å². The SMILES string of the molecule is CC1(C)CN(CCC2CCCC2(C#N)NC2CC2)CCO1. The maximum Gasteiger partial charge on any atom is 0.109 e. The highest BCUT2D eigenvalue weighted by Crippen LogP contribution is 2.40. The molecule has 0 spiro atoms. The van der Waals surface area contributed by atoms with Gasteiger partial charge in [0.2, 0.25) is 0 Å². The zero-order chi connectivity index (χ0) is 14.9. The number of nitrogens with one attached hydrogen (secondary N) is 1. The first-order chi connectivity index (χ1) is 10.0. The first-order valence-corrected chi connectivity index (χ1v) is 8.58. The molecule has 2 aliphatic carbocycles. The Kier molecular flexibility index (Phi) is 4.27. The molecule has 2 unspecified atom stereocenters. The minimum atomic E-state index is -0.233. The van der Waals surface area contributed by atoms with E-state index in [9.17, 15) is 5.26 Å². The average molecular weight is 291 g/mol. The van der Waals surface area contributed by atoms with Gasteiger partial charge >= 0.3 is 0 Å². The molecule has 2 atom stereocenters. The second-order valence-electron chi connectivity index (χ2n) is 7.76. The summed E-state index contributed by atoms with van der Waals surface area (Å²) in [5, 5.41) is 13.4. The molecule has 0 bridgehead atoms. The summed E-state index contributed by atoms with van der Waals surface area (Å²) in [6, 6.07) is 3.27. The standard InChI is InChI=1S/C17H29N3O/c1-16(2)13-20(10-11-21-16)9-7-14-4-3-8-17(14,12-18)19-15-5-6-15/h14-15,19H,3-11,13H2,1-2H3. The van der Waals surface area contributed by atoms with Gasteiger partial charge in [0.1, 0.15) is 5.54 Å². The third-order valence-electron chi connectivity index (χ3n) is 5.36. The number of morpholine rings is 1. The van der Waals surface area contributed by atoms with Crippen molar-refractivity contribution in [2.24, 2.45) is 5.92 Å². The molecular formula is C17H29N3O. The molecule has 2 saturated carbocycles. The zero-order valence-corrected chi connectivity index (χ0v) is 13.5. The summed E-state index contributed by atoms with van der Waals surface area (Å²) >= 11 is 0. The summed E-state index contributed by atoms with van der Waals surface area (Å²) in [7, 11) is 0. The minimum Gasteiger partial charge on any atom is -0.373 e. The van der Waals surface area contributed by atoms with Crippen LogP contribution in [0.15, 0.2) is 0 Å². The van der Waals surface area contributed by atoms with Crippen LogP contribution in [0.1, 0.15) is 52.4 Å². The highest BCUT2D eigenvalue weighted by molar-refractivity contribution is 5.16. The smallest absolute Gasteiger partial charge is 0.109 e. The Balaban J connectivity index is 1.55. The van der Waals surface area contributed by atoms with Crippen molar-refractivity contribution in [3.05, 3.63) is 0 Å². The minimum absolute atomic E-state index is 0.0213. The summed E-state index contributed by atoms with van der Waals surface area (Å²) in [6.45, 7) is 8.32. The van der Waals surface area contributed by atoms with Crippen molar-refractivity contribution in [2.45, 2.75) is 69.6 Å². The van der Waals surface area contributed by atoms with Gasteiger partial charge in [-0.15, -0.1) is 0 Å². The van der Waals surface area contributed by atoms with Crippen LogP contribution in [-0.2, 0) is 4.74 Å². The second-order valence-corrected chi connectivity index (χ2v) is 7.76. The predicted molar refractivity (Wildman–Crippen MR) is 82.9 cm³/mol. The van der Waals surface area contributed by atoms with Gasteiger partial charge in [-0.25, -0.2) is 0 Å². The van der Waals surface area contributed by atoms with Gasteiger partial charge in [0.05, 0.1) is 18.3 Å². The third kappa shape index (κ3) is 3.59. The Labute approximate surface area is 128 Å². The van der Waals surface area contributed by atoms with Crippen molar-refractivity contribution >= 4 is 0 Å². The number of nitrogens with zero attached hydrogens (tertiary/aromatic N) is 2. The lowest BCUT2D eigenvalue weighted by atomic mass is 9.85. The Morgan fingerprint density at radius 2 is 2.14 bits per heavy atom. The van der Waals surface area contributed by atoms with Gasteiger partial charge in [0.15, 0.2) is 0 Å². The molecule has 118 valence electrons. The highest BCUT2D eigenvalue weighted by Gasteiger charge is 2.46. The molecule has 3 fully saturated rings. The van der Waals surface area contributed by atoms with Crippen molar-refractivity contribution in [1.82, 2.24) is 10.2 Å². The van der Waals surface area contributed by atoms with E-state index in [4.69, 9.17) is 4.74 Å². The van der Waals surface area contributed by atoms with E-state index in [0.29, 0.717) is 12.0 Å². The van der Waals surface area contributed by atoms with Gasteiger partial charge in [-0.2, -0.15) is 5.26 Å². The number of hydrogen-bond acceptors (Lipinski definition) is 4. The van der Waals surface area contributed by atoms with E-state index in [1.54, 1.807) is 0 Å². The Morgan fingerprint density at radius 1 is 1.33 bits per heavy atom.